The monoisotopic (exact) mass is 1130 g/mol. The minimum absolute atomic E-state index is 0.00164. The fraction of sp³-hybridized carbons (Fsp3) is 0.312. The van der Waals surface area contributed by atoms with E-state index in [-0.39, 0.29) is 86.8 Å². The SMILES string of the molecule is COc1ccc(CN(Cc2ccc(OC)cc2)c2cc(C)c(C(F)(F)F)c(C3=C(F)c4nc(OC[C@@]56CCCN5C[C@H](F)C6)nc5c4C(OCCN5Cc4cncn4C(c4ccccc4)(c4ccccc4)c4ccccc4)C3Cl)n2)cc1. The number of methoxy groups -OCH3 is 2. The summed E-state index contributed by atoms with van der Waals surface area (Å²) >= 11 is 7.52. The molecule has 4 atom stereocenters. The van der Waals surface area contributed by atoms with Crippen LogP contribution in [0.2, 0.25) is 0 Å². The Morgan fingerprint density at radius 3 is 1.94 bits per heavy atom. The van der Waals surface area contributed by atoms with Gasteiger partial charge in [-0.1, -0.05) is 115 Å². The number of nitrogens with zero attached hydrogens (tertiary/aromatic N) is 8. The zero-order valence-corrected chi connectivity index (χ0v) is 46.3. The molecule has 0 bridgehead atoms. The summed E-state index contributed by atoms with van der Waals surface area (Å²) in [6.07, 6.45) is -2.01. The second-order valence-electron chi connectivity index (χ2n) is 21.4. The van der Waals surface area contributed by atoms with Crippen molar-refractivity contribution in [2.45, 2.75) is 80.7 Å². The molecule has 0 saturated carbocycles. The highest BCUT2D eigenvalue weighted by molar-refractivity contribution is 6.29. The van der Waals surface area contributed by atoms with Crippen molar-refractivity contribution in [3.05, 3.63) is 220 Å². The van der Waals surface area contributed by atoms with Crippen molar-refractivity contribution < 1.29 is 40.9 Å². The van der Waals surface area contributed by atoms with Gasteiger partial charge in [0.15, 0.2) is 5.83 Å². The topological polar surface area (TPSA) is 103 Å². The Labute approximate surface area is 477 Å². The molecule has 6 heterocycles. The minimum atomic E-state index is -5.02. The van der Waals surface area contributed by atoms with Gasteiger partial charge in [-0.3, -0.25) is 4.90 Å². The van der Waals surface area contributed by atoms with E-state index in [2.05, 4.69) is 45.9 Å². The van der Waals surface area contributed by atoms with Crippen LogP contribution in [0, 0.1) is 6.92 Å². The van der Waals surface area contributed by atoms with E-state index in [1.807, 2.05) is 88.7 Å². The third-order valence-corrected chi connectivity index (χ3v) is 16.9. The highest BCUT2D eigenvalue weighted by atomic mass is 35.5. The van der Waals surface area contributed by atoms with Crippen LogP contribution >= 0.6 is 11.6 Å². The summed E-state index contributed by atoms with van der Waals surface area (Å²) in [5.41, 5.74) is 0.853. The lowest BCUT2D eigenvalue weighted by atomic mass is 9.76. The van der Waals surface area contributed by atoms with Gasteiger partial charge in [0.1, 0.15) is 53.3 Å². The zero-order valence-electron chi connectivity index (χ0n) is 45.5. The van der Waals surface area contributed by atoms with Gasteiger partial charge in [-0.2, -0.15) is 23.1 Å². The number of aryl methyl sites for hydroxylation is 1. The van der Waals surface area contributed by atoms with Crippen LogP contribution in [0.25, 0.3) is 11.4 Å². The number of pyridine rings is 1. The largest absolute Gasteiger partial charge is 0.497 e. The molecule has 2 saturated heterocycles. The molecule has 2 fully saturated rings. The number of fused-ring (bicyclic) bond motifs is 1. The molecule has 12 nitrogen and oxygen atoms in total. The quantitative estimate of drug-likeness (QED) is 0.0495. The number of hydrogen-bond donors (Lipinski definition) is 0. The lowest BCUT2D eigenvalue weighted by Gasteiger charge is -2.39. The number of anilines is 2. The van der Waals surface area contributed by atoms with Crippen molar-refractivity contribution in [2.75, 3.05) is 56.9 Å². The maximum atomic E-state index is 18.6. The first-order chi connectivity index (χ1) is 39.8. The summed E-state index contributed by atoms with van der Waals surface area (Å²) in [7, 11) is 3.12. The number of imidazole rings is 1. The van der Waals surface area contributed by atoms with Crippen molar-refractivity contribution in [3.63, 3.8) is 0 Å². The molecule has 4 aliphatic rings. The lowest BCUT2D eigenvalue weighted by Crippen LogP contribution is -2.43. The van der Waals surface area contributed by atoms with Gasteiger partial charge in [0, 0.05) is 44.4 Å². The average Bonchev–Trinajstić information content (AvgIpc) is 2.56. The van der Waals surface area contributed by atoms with Crippen molar-refractivity contribution in [1.82, 2.24) is 29.4 Å². The lowest BCUT2D eigenvalue weighted by molar-refractivity contribution is -0.138. The van der Waals surface area contributed by atoms with Crippen LogP contribution in [0.3, 0.4) is 0 Å². The number of rotatable bonds is 17. The summed E-state index contributed by atoms with van der Waals surface area (Å²) in [4.78, 5) is 25.3. The van der Waals surface area contributed by atoms with E-state index >= 15 is 22.0 Å². The van der Waals surface area contributed by atoms with Gasteiger partial charge < -0.3 is 33.3 Å². The molecule has 3 aliphatic heterocycles. The molecule has 0 amide bonds. The first-order valence-electron chi connectivity index (χ1n) is 27.4. The van der Waals surface area contributed by atoms with Crippen molar-refractivity contribution in [3.8, 4) is 17.5 Å². The molecule has 18 heteroatoms. The molecule has 0 N–H and O–H groups in total. The van der Waals surface area contributed by atoms with Crippen molar-refractivity contribution >= 4 is 34.6 Å². The normalized spacial score (nSPS) is 19.9. The van der Waals surface area contributed by atoms with Crippen LogP contribution < -0.4 is 24.0 Å². The second-order valence-corrected chi connectivity index (χ2v) is 21.9. The Bertz CT molecular complexity index is 3450. The molecule has 5 aromatic carbocycles. The van der Waals surface area contributed by atoms with Gasteiger partial charge in [0.2, 0.25) is 0 Å². The van der Waals surface area contributed by atoms with Crippen LogP contribution in [-0.2, 0) is 36.1 Å². The van der Waals surface area contributed by atoms with E-state index in [0.29, 0.717) is 24.5 Å². The number of aromatic nitrogens is 5. The second kappa shape index (κ2) is 22.5. The predicted octanol–water partition coefficient (Wildman–Crippen LogP) is 13.0. The van der Waals surface area contributed by atoms with Gasteiger partial charge >= 0.3 is 12.2 Å². The Morgan fingerprint density at radius 2 is 1.37 bits per heavy atom. The Morgan fingerprint density at radius 1 is 0.768 bits per heavy atom. The van der Waals surface area contributed by atoms with E-state index in [4.69, 9.17) is 50.5 Å². The van der Waals surface area contributed by atoms with E-state index in [1.165, 1.54) is 13.0 Å². The van der Waals surface area contributed by atoms with Crippen LogP contribution in [0.15, 0.2) is 158 Å². The van der Waals surface area contributed by atoms with Gasteiger partial charge in [-0.25, -0.2) is 18.7 Å². The third-order valence-electron chi connectivity index (χ3n) is 16.5. The fourth-order valence-corrected chi connectivity index (χ4v) is 13.1. The molecular weight excluding hydrogens is 1080 g/mol. The summed E-state index contributed by atoms with van der Waals surface area (Å²) in [6, 6.07) is 46.2. The van der Waals surface area contributed by atoms with E-state index in [1.54, 1.807) is 51.0 Å². The average molecular weight is 1140 g/mol. The summed E-state index contributed by atoms with van der Waals surface area (Å²) in [5.74, 6) is 0.477. The van der Waals surface area contributed by atoms with Crippen molar-refractivity contribution in [2.24, 2.45) is 0 Å². The Hall–Kier alpha value is -7.86. The molecule has 8 aromatic rings. The Kier molecular flexibility index (Phi) is 15.0. The first kappa shape index (κ1) is 54.7. The molecule has 82 heavy (non-hydrogen) atoms. The third kappa shape index (κ3) is 10.1. The molecule has 3 aromatic heterocycles. The molecule has 1 aliphatic carbocycles. The maximum absolute atomic E-state index is 18.6. The van der Waals surface area contributed by atoms with Gasteiger partial charge in [0.25, 0.3) is 0 Å². The zero-order chi connectivity index (χ0) is 56.8. The minimum Gasteiger partial charge on any atom is -0.497 e. The van der Waals surface area contributed by atoms with Crippen LogP contribution in [0.4, 0.5) is 33.6 Å². The number of halogens is 6. The van der Waals surface area contributed by atoms with Crippen LogP contribution in [-0.4, -0.2) is 93.6 Å². The highest BCUT2D eigenvalue weighted by Gasteiger charge is 2.51. The van der Waals surface area contributed by atoms with Crippen LogP contribution in [0.1, 0.15) is 87.0 Å². The highest BCUT2D eigenvalue weighted by Crippen LogP contribution is 2.53. The number of ether oxygens (including phenoxy) is 4. The Balaban J connectivity index is 1.02. The molecule has 12 rings (SSSR count). The molecular formula is C64H60ClF5N8O4. The fourth-order valence-electron chi connectivity index (χ4n) is 12.7. The number of hydrogen-bond acceptors (Lipinski definition) is 11. The first-order valence-corrected chi connectivity index (χ1v) is 27.8. The maximum Gasteiger partial charge on any atom is 0.418 e. The van der Waals surface area contributed by atoms with Gasteiger partial charge in [-0.15, -0.1) is 11.6 Å². The molecule has 0 spiro atoms. The summed E-state index contributed by atoms with van der Waals surface area (Å²) < 4.78 is 107. The van der Waals surface area contributed by atoms with Gasteiger partial charge in [0.05, 0.1) is 67.1 Å². The molecule has 422 valence electrons. The predicted molar refractivity (Wildman–Crippen MR) is 305 cm³/mol. The van der Waals surface area contributed by atoms with Crippen molar-refractivity contribution in [1.29, 1.82) is 0 Å². The van der Waals surface area contributed by atoms with E-state index in [0.717, 1.165) is 39.9 Å². The van der Waals surface area contributed by atoms with E-state index in [9.17, 15) is 0 Å². The standard InChI is InChI=1S/C64H60ClF5N8O4/c1-41-32-51(76(35-42-20-24-49(79-2)25-21-42)36-43-22-26-50(80-3)27-23-43)72-57(54(41)64(68,69)70)52-55(65)59-53-58(56(52)67)73-61(82-39-62-28-13-29-77(62)37-47(66)33-62)74-60(53)75(30-31-81-59)38-48-34-71-40-78(48)63(44-14-7-4-8-15-44,45-16-9-5-10-17-45)46-18-11-6-12-19-46/h4-12,14-27,32,34,40,47,55,59H,13,28-31,33,35-39H2,1-3H3/t47-,55?,59?,62+/m1/s1. The van der Waals surface area contributed by atoms with Crippen LogP contribution in [0.5, 0.6) is 17.5 Å². The number of alkyl halides is 5. The summed E-state index contributed by atoms with van der Waals surface area (Å²) in [6.45, 7) is 3.00. The van der Waals surface area contributed by atoms with Gasteiger partial charge in [-0.05, 0) is 90.0 Å². The summed E-state index contributed by atoms with van der Waals surface area (Å²) in [5, 5.41) is -1.57. The molecule has 2 unspecified atom stereocenters. The molecule has 0 radical (unpaired) electrons. The van der Waals surface area contributed by atoms with E-state index < -0.39 is 57.6 Å². The number of benzene rings is 5. The smallest absolute Gasteiger partial charge is 0.418 e.